The van der Waals surface area contributed by atoms with Crippen molar-refractivity contribution < 1.29 is 13.2 Å². The Kier molecular flexibility index (Phi) is 5.50. The number of nitrogens with zero attached hydrogens (tertiary/aromatic N) is 2. The van der Waals surface area contributed by atoms with E-state index < -0.39 is 16.0 Å². The molecule has 4 bridgehead atoms. The predicted molar refractivity (Wildman–Crippen MR) is 115 cm³/mol. The summed E-state index contributed by atoms with van der Waals surface area (Å²) in [5.41, 5.74) is 1.32. The van der Waals surface area contributed by atoms with Gasteiger partial charge in [-0.05, 0) is 74.6 Å². The van der Waals surface area contributed by atoms with Gasteiger partial charge in [0.1, 0.15) is 0 Å². The topological polar surface area (TPSA) is 78.8 Å². The molecule has 5 rings (SSSR count). The fourth-order valence-electron chi connectivity index (χ4n) is 6.18. The van der Waals surface area contributed by atoms with Crippen LogP contribution in [0.25, 0.3) is 0 Å². The number of rotatable bonds is 4. The van der Waals surface area contributed by atoms with Crippen LogP contribution < -0.4 is 5.32 Å². The molecule has 3 atom stereocenters. The number of carbonyl (C=O) groups is 1. The van der Waals surface area contributed by atoms with Gasteiger partial charge in [0.05, 0.1) is 18.0 Å². The molecule has 6 nitrogen and oxygen atoms in total. The Morgan fingerprint density at radius 1 is 1.21 bits per heavy atom. The Bertz CT molecular complexity index is 936. The van der Waals surface area contributed by atoms with Crippen LogP contribution in [0.1, 0.15) is 43.2 Å². The molecule has 1 aromatic carbocycles. The van der Waals surface area contributed by atoms with Gasteiger partial charge < -0.3 is 5.32 Å². The lowest BCUT2D eigenvalue weighted by Crippen LogP contribution is -2.68. The molecule has 156 valence electrons. The minimum atomic E-state index is -2.51. The van der Waals surface area contributed by atoms with Gasteiger partial charge in [0.25, 0.3) is 0 Å². The summed E-state index contributed by atoms with van der Waals surface area (Å²) >= 11 is 5.55. The summed E-state index contributed by atoms with van der Waals surface area (Å²) in [7, 11) is -0.802. The second-order valence-corrected chi connectivity index (χ2v) is 9.95. The molecule has 1 aromatic rings. The SMILES string of the molecule is CNC(=S)N(C(=O)Cc1ccc(C)cc1)C1C2CC3CC(C2)CC1(N=S(=O)=O)C3. The first-order valence-corrected chi connectivity index (χ1v) is 11.7. The number of carbonyl (C=O) groups excluding carboxylic acids is 1. The van der Waals surface area contributed by atoms with E-state index in [0.717, 1.165) is 43.2 Å². The zero-order valence-electron chi connectivity index (χ0n) is 16.8. The normalized spacial score (nSPS) is 31.9. The van der Waals surface area contributed by atoms with Gasteiger partial charge in [-0.2, -0.15) is 12.8 Å². The molecule has 4 aliphatic carbocycles. The lowest BCUT2D eigenvalue weighted by atomic mass is 9.50. The maximum absolute atomic E-state index is 13.5. The van der Waals surface area contributed by atoms with Crippen molar-refractivity contribution in [2.24, 2.45) is 22.1 Å². The van der Waals surface area contributed by atoms with E-state index in [9.17, 15) is 13.2 Å². The Labute approximate surface area is 178 Å². The van der Waals surface area contributed by atoms with Crippen molar-refractivity contribution in [2.45, 2.75) is 57.0 Å². The van der Waals surface area contributed by atoms with Gasteiger partial charge in [-0.1, -0.05) is 29.8 Å². The molecule has 4 aliphatic rings. The smallest absolute Gasteiger partial charge is 0.311 e. The monoisotopic (exact) mass is 433 g/mol. The molecule has 0 saturated heterocycles. The van der Waals surface area contributed by atoms with E-state index in [4.69, 9.17) is 12.2 Å². The van der Waals surface area contributed by atoms with Crippen LogP contribution in [-0.2, 0) is 21.7 Å². The molecule has 1 amide bonds. The fraction of sp³-hybridized carbons (Fsp3) is 0.619. The molecule has 29 heavy (non-hydrogen) atoms. The second kappa shape index (κ2) is 7.80. The Hall–Kier alpha value is -1.80. The van der Waals surface area contributed by atoms with E-state index >= 15 is 0 Å². The van der Waals surface area contributed by atoms with Crippen LogP contribution in [0.5, 0.6) is 0 Å². The van der Waals surface area contributed by atoms with E-state index in [1.807, 2.05) is 31.2 Å². The van der Waals surface area contributed by atoms with Crippen molar-refractivity contribution in [1.29, 1.82) is 0 Å². The van der Waals surface area contributed by atoms with E-state index in [0.29, 0.717) is 16.9 Å². The summed E-state index contributed by atoms with van der Waals surface area (Å²) in [5, 5.41) is 3.31. The molecule has 4 saturated carbocycles. The number of thiocarbonyl (C=S) groups is 1. The van der Waals surface area contributed by atoms with Gasteiger partial charge >= 0.3 is 10.5 Å². The van der Waals surface area contributed by atoms with Crippen molar-refractivity contribution in [3.8, 4) is 0 Å². The highest BCUT2D eigenvalue weighted by Crippen LogP contribution is 2.58. The average molecular weight is 434 g/mol. The van der Waals surface area contributed by atoms with Crippen LogP contribution in [0.4, 0.5) is 0 Å². The van der Waals surface area contributed by atoms with Crippen molar-refractivity contribution in [3.05, 3.63) is 35.4 Å². The van der Waals surface area contributed by atoms with Crippen molar-refractivity contribution in [2.75, 3.05) is 7.05 Å². The third-order valence-corrected chi connectivity index (χ3v) is 7.85. The Morgan fingerprint density at radius 3 is 2.38 bits per heavy atom. The Morgan fingerprint density at radius 2 is 1.83 bits per heavy atom. The lowest BCUT2D eigenvalue weighted by molar-refractivity contribution is -0.137. The molecule has 0 spiro atoms. The minimum Gasteiger partial charge on any atom is -0.365 e. The molecule has 3 unspecified atom stereocenters. The van der Waals surface area contributed by atoms with Crippen LogP contribution in [0.15, 0.2) is 28.6 Å². The van der Waals surface area contributed by atoms with Crippen molar-refractivity contribution in [3.63, 3.8) is 0 Å². The summed E-state index contributed by atoms with van der Waals surface area (Å²) in [5.74, 6) is 1.13. The maximum Gasteiger partial charge on any atom is 0.311 e. The van der Waals surface area contributed by atoms with Gasteiger partial charge in [0.2, 0.25) is 5.91 Å². The van der Waals surface area contributed by atoms with Gasteiger partial charge in [-0.15, -0.1) is 0 Å². The van der Waals surface area contributed by atoms with Gasteiger partial charge in [-0.25, -0.2) is 0 Å². The second-order valence-electron chi connectivity index (χ2n) is 8.95. The predicted octanol–water partition coefficient (Wildman–Crippen LogP) is 2.88. The lowest BCUT2D eigenvalue weighted by Gasteiger charge is -2.60. The van der Waals surface area contributed by atoms with Crippen molar-refractivity contribution >= 4 is 33.7 Å². The molecule has 0 aliphatic heterocycles. The molecule has 0 heterocycles. The number of amides is 1. The third-order valence-electron chi connectivity index (χ3n) is 6.93. The summed E-state index contributed by atoms with van der Waals surface area (Å²) < 4.78 is 27.6. The standard InChI is InChI=1S/C21H27N3O3S2/c1-13-3-5-14(6-4-13)10-18(25)24(20(28)22-2)19-17-8-15-7-16(9-17)12-21(19,11-15)23-29(26)27/h3-6,15-17,19H,7-12H2,1-2H3,(H,22,28). The molecule has 8 heteroatoms. The van der Waals surface area contributed by atoms with Gasteiger partial charge in [-0.3, -0.25) is 9.69 Å². The van der Waals surface area contributed by atoms with Gasteiger partial charge in [0.15, 0.2) is 5.11 Å². The number of benzene rings is 1. The zero-order valence-corrected chi connectivity index (χ0v) is 18.4. The van der Waals surface area contributed by atoms with Crippen molar-refractivity contribution in [1.82, 2.24) is 10.2 Å². The third kappa shape index (κ3) is 3.84. The molecule has 0 radical (unpaired) electrons. The minimum absolute atomic E-state index is 0.100. The largest absolute Gasteiger partial charge is 0.365 e. The number of hydrogen-bond donors (Lipinski definition) is 1. The maximum atomic E-state index is 13.5. The zero-order chi connectivity index (χ0) is 20.8. The molecule has 0 aromatic heterocycles. The first-order valence-electron chi connectivity index (χ1n) is 10.2. The van der Waals surface area contributed by atoms with E-state index in [1.165, 1.54) is 0 Å². The van der Waals surface area contributed by atoms with E-state index in [2.05, 4.69) is 9.68 Å². The van der Waals surface area contributed by atoms with E-state index in [-0.39, 0.29) is 24.3 Å². The first kappa shape index (κ1) is 20.5. The molecular weight excluding hydrogens is 406 g/mol. The van der Waals surface area contributed by atoms with Crippen LogP contribution in [0.2, 0.25) is 0 Å². The highest BCUT2D eigenvalue weighted by atomic mass is 32.2. The molecule has 1 N–H and O–H groups in total. The number of hydrogen-bond acceptors (Lipinski definition) is 5. The number of aryl methyl sites for hydroxylation is 1. The highest BCUT2D eigenvalue weighted by Gasteiger charge is 2.60. The Balaban J connectivity index is 1.71. The van der Waals surface area contributed by atoms with Crippen LogP contribution >= 0.6 is 12.2 Å². The quantitative estimate of drug-likeness (QED) is 0.739. The highest BCUT2D eigenvalue weighted by molar-refractivity contribution is 7.80. The fourth-order valence-corrected chi connectivity index (χ4v) is 6.95. The summed E-state index contributed by atoms with van der Waals surface area (Å²) in [6.45, 7) is 2.01. The van der Waals surface area contributed by atoms with Crippen LogP contribution in [0.3, 0.4) is 0 Å². The van der Waals surface area contributed by atoms with Crippen LogP contribution in [-0.4, -0.2) is 43.0 Å². The summed E-state index contributed by atoms with van der Waals surface area (Å²) in [6, 6.07) is 7.59. The van der Waals surface area contributed by atoms with Crippen LogP contribution in [0, 0.1) is 24.7 Å². The van der Waals surface area contributed by atoms with E-state index in [1.54, 1.807) is 11.9 Å². The van der Waals surface area contributed by atoms with Gasteiger partial charge in [0, 0.05) is 7.05 Å². The number of nitrogens with one attached hydrogen (secondary N) is 1. The average Bonchev–Trinajstić information content (AvgIpc) is 2.64. The molecule has 4 fully saturated rings. The summed E-state index contributed by atoms with van der Waals surface area (Å²) in [6.07, 6.45) is 4.86. The summed E-state index contributed by atoms with van der Waals surface area (Å²) in [4.78, 5) is 15.1. The first-order chi connectivity index (χ1) is 13.8. The molecular formula is C21H27N3O3S2.